The predicted octanol–water partition coefficient (Wildman–Crippen LogP) is 3.09. The Morgan fingerprint density at radius 2 is 2.19 bits per heavy atom. The summed E-state index contributed by atoms with van der Waals surface area (Å²) in [5, 5.41) is 11.7. The zero-order chi connectivity index (χ0) is 15.0. The Hall–Kier alpha value is -1.96. The number of benzene rings is 1. The number of carboxylic acid groups (broad SMARTS) is 1. The van der Waals surface area contributed by atoms with E-state index in [0.29, 0.717) is 11.2 Å². The standard InChI is InChI=1S/C14H12N2O3S2/c1-16(21(19)12-6-3-7-20-12)11-5-2-4-9-8-10(14(17)18)15-13(9)11/h2-8,15H,1H3,(H,17,18). The van der Waals surface area contributed by atoms with Crippen molar-refractivity contribution in [2.45, 2.75) is 4.21 Å². The number of aromatic nitrogens is 1. The number of carboxylic acids is 1. The highest BCUT2D eigenvalue weighted by molar-refractivity contribution is 7.94. The Morgan fingerprint density at radius 1 is 1.38 bits per heavy atom. The van der Waals surface area contributed by atoms with Crippen LogP contribution in [0.5, 0.6) is 0 Å². The van der Waals surface area contributed by atoms with E-state index in [1.54, 1.807) is 17.4 Å². The summed E-state index contributed by atoms with van der Waals surface area (Å²) < 4.78 is 14.9. The van der Waals surface area contributed by atoms with Crippen molar-refractivity contribution in [1.29, 1.82) is 0 Å². The van der Waals surface area contributed by atoms with Crippen molar-refractivity contribution in [3.8, 4) is 0 Å². The number of H-pyrrole nitrogens is 1. The molecular formula is C14H12N2O3S2. The molecule has 2 heterocycles. The Balaban J connectivity index is 2.05. The van der Waals surface area contributed by atoms with Crippen LogP contribution in [-0.2, 0) is 11.4 Å². The smallest absolute Gasteiger partial charge is 0.352 e. The van der Waals surface area contributed by atoms with Gasteiger partial charge in [0.15, 0.2) is 0 Å². The van der Waals surface area contributed by atoms with Crippen LogP contribution in [0, 0.1) is 0 Å². The fraction of sp³-hybridized carbons (Fsp3) is 0.0714. The number of thiophene rings is 1. The van der Waals surface area contributed by atoms with Crippen LogP contribution in [0.2, 0.25) is 0 Å². The quantitative estimate of drug-likeness (QED) is 0.724. The molecule has 2 aromatic heterocycles. The molecule has 7 heteroatoms. The molecule has 0 aliphatic heterocycles. The molecule has 3 rings (SSSR count). The lowest BCUT2D eigenvalue weighted by Crippen LogP contribution is -2.26. The number of aromatic carboxylic acids is 1. The summed E-state index contributed by atoms with van der Waals surface area (Å²) in [6, 6.07) is 10.7. The summed E-state index contributed by atoms with van der Waals surface area (Å²) in [7, 11) is 1.73. The number of rotatable bonds is 4. The Morgan fingerprint density at radius 3 is 2.86 bits per heavy atom. The monoisotopic (exact) mass is 320 g/mol. The second-order valence-electron chi connectivity index (χ2n) is 4.41. The van der Waals surface area contributed by atoms with Crippen molar-refractivity contribution in [3.63, 3.8) is 0 Å². The van der Waals surface area contributed by atoms with Gasteiger partial charge >= 0.3 is 5.97 Å². The Labute approximate surface area is 128 Å². The van der Waals surface area contributed by atoms with Crippen molar-refractivity contribution in [1.82, 2.24) is 4.98 Å². The molecule has 108 valence electrons. The molecule has 1 atom stereocenters. The first-order chi connectivity index (χ1) is 10.1. The van der Waals surface area contributed by atoms with E-state index in [0.717, 1.165) is 9.60 Å². The largest absolute Gasteiger partial charge is 0.587 e. The molecule has 0 saturated carbocycles. The van der Waals surface area contributed by atoms with Crippen molar-refractivity contribution in [2.75, 3.05) is 11.4 Å². The van der Waals surface area contributed by atoms with Crippen molar-refractivity contribution in [3.05, 3.63) is 47.5 Å². The van der Waals surface area contributed by atoms with Gasteiger partial charge in [-0.15, -0.1) is 0 Å². The molecule has 21 heavy (non-hydrogen) atoms. The third kappa shape index (κ3) is 2.51. The third-order valence-electron chi connectivity index (χ3n) is 3.12. The van der Waals surface area contributed by atoms with Gasteiger partial charge in [-0.05, 0) is 23.6 Å². The fourth-order valence-electron chi connectivity index (χ4n) is 2.10. The predicted molar refractivity (Wildman–Crippen MR) is 84.4 cm³/mol. The van der Waals surface area contributed by atoms with E-state index in [1.807, 2.05) is 35.7 Å². The topological polar surface area (TPSA) is 79.4 Å². The van der Waals surface area contributed by atoms with Gasteiger partial charge in [0.25, 0.3) is 0 Å². The molecule has 0 aliphatic carbocycles. The first-order valence-corrected chi connectivity index (χ1v) is 8.10. The normalized spacial score (nSPS) is 12.5. The number of para-hydroxylation sites is 1. The number of aromatic amines is 1. The number of nitrogens with zero attached hydrogens (tertiary/aromatic N) is 1. The van der Waals surface area contributed by atoms with Crippen molar-refractivity contribution in [2.24, 2.45) is 0 Å². The summed E-state index contributed by atoms with van der Waals surface area (Å²) in [6.45, 7) is 0. The number of fused-ring (bicyclic) bond motifs is 1. The van der Waals surface area contributed by atoms with Crippen LogP contribution in [0.1, 0.15) is 10.5 Å². The SMILES string of the molecule is CN(c1cccc2cc(C(=O)O)[nH]c12)[S+]([O-])c1cccs1. The average Bonchev–Trinajstić information content (AvgIpc) is 3.13. The molecule has 2 N–H and O–H groups in total. The summed E-state index contributed by atoms with van der Waals surface area (Å²) >= 11 is 0.102. The average molecular weight is 320 g/mol. The third-order valence-corrected chi connectivity index (χ3v) is 5.67. The molecule has 0 amide bonds. The highest BCUT2D eigenvalue weighted by Gasteiger charge is 2.23. The molecule has 1 unspecified atom stereocenters. The minimum absolute atomic E-state index is 0.118. The van der Waals surface area contributed by atoms with Gasteiger partial charge in [-0.2, -0.15) is 4.31 Å². The summed E-state index contributed by atoms with van der Waals surface area (Å²) in [6.07, 6.45) is 0. The van der Waals surface area contributed by atoms with E-state index in [1.165, 1.54) is 11.3 Å². The second-order valence-corrected chi connectivity index (χ2v) is 7.10. The van der Waals surface area contributed by atoms with Crippen molar-refractivity contribution < 1.29 is 14.5 Å². The lowest BCUT2D eigenvalue weighted by atomic mass is 10.2. The second kappa shape index (κ2) is 5.44. The molecule has 0 spiro atoms. The summed E-state index contributed by atoms with van der Waals surface area (Å²) in [5.41, 5.74) is 1.49. The highest BCUT2D eigenvalue weighted by Crippen LogP contribution is 2.31. The first-order valence-electron chi connectivity index (χ1n) is 6.12. The number of carbonyl (C=O) groups is 1. The van der Waals surface area contributed by atoms with E-state index in [9.17, 15) is 9.35 Å². The van der Waals surface area contributed by atoms with Crippen LogP contribution in [0.4, 0.5) is 5.69 Å². The maximum absolute atomic E-state index is 12.5. The van der Waals surface area contributed by atoms with Gasteiger partial charge in [-0.1, -0.05) is 23.5 Å². The van der Waals surface area contributed by atoms with Gasteiger partial charge in [0.05, 0.1) is 12.6 Å². The van der Waals surface area contributed by atoms with Crippen molar-refractivity contribution >= 4 is 45.3 Å². The van der Waals surface area contributed by atoms with Gasteiger partial charge in [0, 0.05) is 11.5 Å². The fourth-order valence-corrected chi connectivity index (χ4v) is 4.18. The van der Waals surface area contributed by atoms with E-state index < -0.39 is 17.3 Å². The van der Waals surface area contributed by atoms with Gasteiger partial charge in [-0.25, -0.2) is 4.79 Å². The van der Waals surface area contributed by atoms with E-state index in [-0.39, 0.29) is 5.69 Å². The van der Waals surface area contributed by atoms with E-state index in [2.05, 4.69) is 4.98 Å². The molecule has 0 saturated heterocycles. The molecule has 0 aliphatic rings. The van der Waals surface area contributed by atoms with Gasteiger partial charge < -0.3 is 14.6 Å². The van der Waals surface area contributed by atoms with Crippen LogP contribution >= 0.6 is 11.3 Å². The molecule has 0 fully saturated rings. The minimum atomic E-state index is -1.32. The first kappa shape index (κ1) is 14.0. The number of hydrogen-bond donors (Lipinski definition) is 2. The van der Waals surface area contributed by atoms with Crippen LogP contribution in [-0.4, -0.2) is 27.7 Å². The Bertz CT molecular complexity index is 783. The Kier molecular flexibility index (Phi) is 3.62. The minimum Gasteiger partial charge on any atom is -0.587 e. The lowest BCUT2D eigenvalue weighted by molar-refractivity contribution is 0.0691. The number of nitrogens with one attached hydrogen (secondary N) is 1. The van der Waals surface area contributed by atoms with Gasteiger partial charge in [-0.3, -0.25) is 0 Å². The highest BCUT2D eigenvalue weighted by atomic mass is 32.2. The van der Waals surface area contributed by atoms with Crippen LogP contribution in [0.25, 0.3) is 10.9 Å². The van der Waals surface area contributed by atoms with Crippen LogP contribution in [0.3, 0.4) is 0 Å². The molecular weight excluding hydrogens is 308 g/mol. The van der Waals surface area contributed by atoms with Gasteiger partial charge in [0.1, 0.15) is 22.7 Å². The molecule has 5 nitrogen and oxygen atoms in total. The van der Waals surface area contributed by atoms with Crippen LogP contribution in [0.15, 0.2) is 46.0 Å². The van der Waals surface area contributed by atoms with E-state index >= 15 is 0 Å². The maximum Gasteiger partial charge on any atom is 0.352 e. The number of hydrogen-bond acceptors (Lipinski definition) is 4. The molecule has 0 radical (unpaired) electrons. The maximum atomic E-state index is 12.5. The molecule has 0 bridgehead atoms. The zero-order valence-corrected chi connectivity index (χ0v) is 12.7. The van der Waals surface area contributed by atoms with Crippen LogP contribution < -0.4 is 4.31 Å². The summed E-state index contributed by atoms with van der Waals surface area (Å²) in [5.74, 6) is -1.01. The van der Waals surface area contributed by atoms with E-state index in [4.69, 9.17) is 5.11 Å². The lowest BCUT2D eigenvalue weighted by Gasteiger charge is -2.20. The molecule has 3 aromatic rings. The summed E-state index contributed by atoms with van der Waals surface area (Å²) in [4.78, 5) is 13.9. The van der Waals surface area contributed by atoms with Gasteiger partial charge in [0.2, 0.25) is 4.21 Å². The number of anilines is 1. The zero-order valence-electron chi connectivity index (χ0n) is 11.1. The molecule has 1 aromatic carbocycles.